The Morgan fingerprint density at radius 1 is 1.17 bits per heavy atom. The summed E-state index contributed by atoms with van der Waals surface area (Å²) in [5.74, 6) is -0.793. The summed E-state index contributed by atoms with van der Waals surface area (Å²) in [6.07, 6.45) is 0. The monoisotopic (exact) mass is 427 g/mol. The number of nitrogens with two attached hydrogens (primary N) is 1. The fourth-order valence-electron chi connectivity index (χ4n) is 3.24. The summed E-state index contributed by atoms with van der Waals surface area (Å²) >= 11 is 6.12. The van der Waals surface area contributed by atoms with Crippen molar-refractivity contribution in [1.29, 1.82) is 0 Å². The molecule has 1 aromatic carbocycles. The number of nitrogens with zero attached hydrogens (tertiary/aromatic N) is 3. The van der Waals surface area contributed by atoms with Crippen LogP contribution in [0.2, 0.25) is 5.02 Å². The fourth-order valence-corrected chi connectivity index (χ4v) is 3.52. The average molecular weight is 428 g/mol. The highest BCUT2D eigenvalue weighted by Crippen LogP contribution is 2.30. The van der Waals surface area contributed by atoms with E-state index in [1.54, 1.807) is 6.07 Å². The summed E-state index contributed by atoms with van der Waals surface area (Å²) in [5.41, 5.74) is 8.37. The molecule has 0 spiro atoms. The minimum absolute atomic E-state index is 0.133. The number of rotatable bonds is 4. The number of primary amides is 1. The predicted molar refractivity (Wildman–Crippen MR) is 119 cm³/mol. The molecule has 0 unspecified atom stereocenters. The maximum atomic E-state index is 13.2. The third kappa shape index (κ3) is 4.03. The smallest absolute Gasteiger partial charge is 0.256 e. The summed E-state index contributed by atoms with van der Waals surface area (Å²) in [4.78, 5) is 29.4. The van der Waals surface area contributed by atoms with Gasteiger partial charge in [-0.1, -0.05) is 25.4 Å². The molecule has 0 bridgehead atoms. The highest BCUT2D eigenvalue weighted by atomic mass is 35.5. The van der Waals surface area contributed by atoms with Crippen molar-refractivity contribution < 1.29 is 9.59 Å². The Kier molecular flexibility index (Phi) is 5.60. The van der Waals surface area contributed by atoms with Crippen molar-refractivity contribution in [3.8, 4) is 0 Å². The van der Waals surface area contributed by atoms with E-state index in [1.165, 1.54) is 12.1 Å². The molecule has 0 fully saturated rings. The van der Waals surface area contributed by atoms with Crippen LogP contribution < -0.4 is 11.1 Å². The van der Waals surface area contributed by atoms with E-state index in [0.29, 0.717) is 22.3 Å². The first-order valence-corrected chi connectivity index (χ1v) is 10.1. The molecule has 0 radical (unpaired) electrons. The Morgan fingerprint density at radius 3 is 2.37 bits per heavy atom. The Hall–Kier alpha value is -2.93. The maximum absolute atomic E-state index is 13.2. The lowest BCUT2D eigenvalue weighted by atomic mass is 10.0. The number of hydrogen-bond acceptors (Lipinski definition) is 4. The minimum Gasteiger partial charge on any atom is -0.366 e. The van der Waals surface area contributed by atoms with Gasteiger partial charge >= 0.3 is 0 Å². The molecule has 0 aliphatic carbocycles. The van der Waals surface area contributed by atoms with Crippen LogP contribution in [0.3, 0.4) is 0 Å². The van der Waals surface area contributed by atoms with E-state index in [-0.39, 0.29) is 28.0 Å². The number of carbonyl (C=O) groups excluding carboxylic acids is 2. The quantitative estimate of drug-likeness (QED) is 0.633. The van der Waals surface area contributed by atoms with Crippen molar-refractivity contribution in [2.45, 2.75) is 53.0 Å². The standard InChI is InChI=1S/C22H26ClN5O2/c1-11(2)17-10-15(18-12(3)27-28(20(18)26-17)22(4,5)6)21(30)25-13-7-8-14(19(24)29)16(23)9-13/h7-11H,1-6H3,(H2,24,29)(H,25,30). The van der Waals surface area contributed by atoms with E-state index in [4.69, 9.17) is 22.3 Å². The molecule has 0 atom stereocenters. The lowest BCUT2D eigenvalue weighted by molar-refractivity contribution is 0.0998. The van der Waals surface area contributed by atoms with Gasteiger partial charge in [-0.15, -0.1) is 0 Å². The SMILES string of the molecule is Cc1nn(C(C)(C)C)c2nc(C(C)C)cc(C(=O)Nc3ccc(C(N)=O)c(Cl)c3)c12. The second-order valence-corrected chi connectivity index (χ2v) is 9.04. The zero-order chi connectivity index (χ0) is 22.4. The Bertz CT molecular complexity index is 1160. The van der Waals surface area contributed by atoms with Gasteiger partial charge in [0.05, 0.1) is 32.8 Å². The predicted octanol–water partition coefficient (Wildman–Crippen LogP) is 4.62. The van der Waals surface area contributed by atoms with Crippen molar-refractivity contribution in [3.05, 3.63) is 51.8 Å². The van der Waals surface area contributed by atoms with Crippen LogP contribution in [0.1, 0.15) is 72.6 Å². The summed E-state index contributed by atoms with van der Waals surface area (Å²) < 4.78 is 1.86. The van der Waals surface area contributed by atoms with Crippen LogP contribution in [0, 0.1) is 6.92 Å². The number of carbonyl (C=O) groups is 2. The van der Waals surface area contributed by atoms with Crippen LogP contribution in [-0.2, 0) is 5.54 Å². The van der Waals surface area contributed by atoms with Gasteiger partial charge in [-0.05, 0) is 57.9 Å². The third-order valence-corrected chi connectivity index (χ3v) is 5.11. The van der Waals surface area contributed by atoms with Crippen LogP contribution in [0.15, 0.2) is 24.3 Å². The summed E-state index contributed by atoms with van der Waals surface area (Å²) in [5, 5.41) is 8.41. The largest absolute Gasteiger partial charge is 0.366 e. The van der Waals surface area contributed by atoms with E-state index >= 15 is 0 Å². The number of hydrogen-bond donors (Lipinski definition) is 2. The summed E-state index contributed by atoms with van der Waals surface area (Å²) in [7, 11) is 0. The third-order valence-electron chi connectivity index (χ3n) is 4.80. The fraction of sp³-hybridized carbons (Fsp3) is 0.364. The summed E-state index contributed by atoms with van der Waals surface area (Å²) in [6.45, 7) is 12.1. The molecule has 7 nitrogen and oxygen atoms in total. The number of amides is 2. The van der Waals surface area contributed by atoms with Gasteiger partial charge in [0.1, 0.15) is 0 Å². The van der Waals surface area contributed by atoms with Gasteiger partial charge in [-0.2, -0.15) is 5.10 Å². The van der Waals surface area contributed by atoms with Gasteiger partial charge in [0, 0.05) is 11.4 Å². The molecule has 158 valence electrons. The van der Waals surface area contributed by atoms with Crippen molar-refractivity contribution in [3.63, 3.8) is 0 Å². The van der Waals surface area contributed by atoms with E-state index in [0.717, 1.165) is 11.4 Å². The number of aromatic nitrogens is 3. The van der Waals surface area contributed by atoms with Crippen molar-refractivity contribution in [2.24, 2.45) is 5.73 Å². The summed E-state index contributed by atoms with van der Waals surface area (Å²) in [6, 6.07) is 6.40. The molecular weight excluding hydrogens is 402 g/mol. The van der Waals surface area contributed by atoms with Gasteiger partial charge < -0.3 is 11.1 Å². The van der Waals surface area contributed by atoms with Gasteiger partial charge in [-0.25, -0.2) is 9.67 Å². The van der Waals surface area contributed by atoms with Crippen LogP contribution in [0.25, 0.3) is 11.0 Å². The molecule has 30 heavy (non-hydrogen) atoms. The Morgan fingerprint density at radius 2 is 1.83 bits per heavy atom. The zero-order valence-electron chi connectivity index (χ0n) is 18.0. The van der Waals surface area contributed by atoms with E-state index in [1.807, 2.05) is 52.3 Å². The van der Waals surface area contributed by atoms with Crippen LogP contribution in [0.4, 0.5) is 5.69 Å². The molecule has 8 heteroatoms. The van der Waals surface area contributed by atoms with Gasteiger partial charge in [-0.3, -0.25) is 9.59 Å². The molecule has 2 heterocycles. The number of halogens is 1. The van der Waals surface area contributed by atoms with Crippen molar-refractivity contribution >= 4 is 40.1 Å². The van der Waals surface area contributed by atoms with E-state index in [2.05, 4.69) is 10.4 Å². The average Bonchev–Trinajstić information content (AvgIpc) is 2.98. The molecule has 0 saturated heterocycles. The van der Waals surface area contributed by atoms with Crippen molar-refractivity contribution in [1.82, 2.24) is 14.8 Å². The van der Waals surface area contributed by atoms with Gasteiger partial charge in [0.25, 0.3) is 5.91 Å². The molecule has 0 aliphatic heterocycles. The first-order valence-electron chi connectivity index (χ1n) is 9.71. The van der Waals surface area contributed by atoms with Gasteiger partial charge in [0.2, 0.25) is 5.91 Å². The van der Waals surface area contributed by atoms with Crippen LogP contribution in [-0.4, -0.2) is 26.6 Å². The lowest BCUT2D eigenvalue weighted by Gasteiger charge is -2.20. The first kappa shape index (κ1) is 21.8. The number of benzene rings is 1. The second-order valence-electron chi connectivity index (χ2n) is 8.63. The molecule has 3 rings (SSSR count). The van der Waals surface area contributed by atoms with E-state index < -0.39 is 5.91 Å². The number of aryl methyl sites for hydroxylation is 1. The normalized spacial score (nSPS) is 11.9. The topological polar surface area (TPSA) is 103 Å². The Labute approximate surface area is 180 Å². The van der Waals surface area contributed by atoms with Crippen molar-refractivity contribution in [2.75, 3.05) is 5.32 Å². The highest BCUT2D eigenvalue weighted by Gasteiger charge is 2.25. The molecule has 0 saturated carbocycles. The molecular formula is C22H26ClN5O2. The first-order chi connectivity index (χ1) is 13.9. The molecule has 2 amide bonds. The highest BCUT2D eigenvalue weighted by molar-refractivity contribution is 6.34. The second kappa shape index (κ2) is 7.72. The molecule has 3 N–H and O–H groups in total. The molecule has 2 aromatic heterocycles. The number of nitrogens with one attached hydrogen (secondary N) is 1. The van der Waals surface area contributed by atoms with Crippen LogP contribution in [0.5, 0.6) is 0 Å². The van der Waals surface area contributed by atoms with Gasteiger partial charge in [0.15, 0.2) is 5.65 Å². The maximum Gasteiger partial charge on any atom is 0.256 e. The number of fused-ring (bicyclic) bond motifs is 1. The number of anilines is 1. The van der Waals surface area contributed by atoms with E-state index in [9.17, 15) is 9.59 Å². The lowest BCUT2D eigenvalue weighted by Crippen LogP contribution is -2.24. The Balaban J connectivity index is 2.12. The number of pyridine rings is 1. The van der Waals surface area contributed by atoms with Crippen LogP contribution >= 0.6 is 11.6 Å². The molecule has 3 aromatic rings. The minimum atomic E-state index is -0.625. The zero-order valence-corrected chi connectivity index (χ0v) is 18.8. The molecule has 0 aliphatic rings.